The highest BCUT2D eigenvalue weighted by Gasteiger charge is 2.28. The number of carbonyl (C=O) groups is 1. The SMILES string of the molecule is Cc1cnc([C@H]2CCCN2Cc2ccccc2OCC(=O)O)[nH]1. The minimum Gasteiger partial charge on any atom is -0.482 e. The van der Waals surface area contributed by atoms with Crippen molar-refractivity contribution in [1.29, 1.82) is 0 Å². The molecule has 1 saturated heterocycles. The van der Waals surface area contributed by atoms with E-state index in [-0.39, 0.29) is 12.6 Å². The lowest BCUT2D eigenvalue weighted by atomic mass is 10.1. The predicted molar refractivity (Wildman–Crippen MR) is 85.3 cm³/mol. The first-order valence-corrected chi connectivity index (χ1v) is 7.81. The van der Waals surface area contributed by atoms with Gasteiger partial charge in [0.1, 0.15) is 11.6 Å². The molecule has 0 radical (unpaired) electrons. The fourth-order valence-electron chi connectivity index (χ4n) is 3.06. The van der Waals surface area contributed by atoms with E-state index in [0.29, 0.717) is 5.75 Å². The van der Waals surface area contributed by atoms with Crippen LogP contribution in [0.5, 0.6) is 5.75 Å². The number of nitrogens with one attached hydrogen (secondary N) is 1. The predicted octanol–water partition coefficient (Wildman–Crippen LogP) is 2.52. The number of aromatic nitrogens is 2. The number of likely N-dealkylation sites (tertiary alicyclic amines) is 1. The van der Waals surface area contributed by atoms with Crippen LogP contribution in [-0.2, 0) is 11.3 Å². The van der Waals surface area contributed by atoms with Crippen molar-refractivity contribution in [2.24, 2.45) is 0 Å². The Balaban J connectivity index is 1.74. The summed E-state index contributed by atoms with van der Waals surface area (Å²) < 4.78 is 5.40. The number of carboxylic acid groups (broad SMARTS) is 1. The van der Waals surface area contributed by atoms with Gasteiger partial charge in [-0.2, -0.15) is 0 Å². The molecule has 0 saturated carbocycles. The molecular weight excluding hydrogens is 294 g/mol. The van der Waals surface area contributed by atoms with Gasteiger partial charge in [-0.1, -0.05) is 18.2 Å². The normalized spacial score (nSPS) is 18.2. The molecule has 6 nitrogen and oxygen atoms in total. The molecule has 23 heavy (non-hydrogen) atoms. The van der Waals surface area contributed by atoms with E-state index in [1.54, 1.807) is 0 Å². The largest absolute Gasteiger partial charge is 0.482 e. The number of H-pyrrole nitrogens is 1. The lowest BCUT2D eigenvalue weighted by Gasteiger charge is -2.24. The molecule has 6 heteroatoms. The molecule has 1 aromatic carbocycles. The molecule has 2 aromatic rings. The molecule has 0 spiro atoms. The number of carboxylic acids is 1. The third-order valence-corrected chi connectivity index (χ3v) is 4.10. The topological polar surface area (TPSA) is 78.5 Å². The van der Waals surface area contributed by atoms with Gasteiger partial charge in [0.15, 0.2) is 6.61 Å². The van der Waals surface area contributed by atoms with Gasteiger partial charge in [0, 0.05) is 24.0 Å². The zero-order chi connectivity index (χ0) is 16.2. The van der Waals surface area contributed by atoms with E-state index in [1.165, 1.54) is 0 Å². The minimum atomic E-state index is -0.968. The van der Waals surface area contributed by atoms with Gasteiger partial charge in [0.05, 0.1) is 6.04 Å². The summed E-state index contributed by atoms with van der Waals surface area (Å²) in [7, 11) is 0. The van der Waals surface area contributed by atoms with Crippen molar-refractivity contribution >= 4 is 5.97 Å². The van der Waals surface area contributed by atoms with E-state index in [2.05, 4.69) is 14.9 Å². The average Bonchev–Trinajstić information content (AvgIpc) is 3.15. The van der Waals surface area contributed by atoms with Gasteiger partial charge in [-0.15, -0.1) is 0 Å². The summed E-state index contributed by atoms with van der Waals surface area (Å²) in [6.07, 6.45) is 4.06. The van der Waals surface area contributed by atoms with Crippen LogP contribution in [0.25, 0.3) is 0 Å². The summed E-state index contributed by atoms with van der Waals surface area (Å²) in [5.74, 6) is 0.671. The van der Waals surface area contributed by atoms with E-state index in [4.69, 9.17) is 9.84 Å². The van der Waals surface area contributed by atoms with Crippen molar-refractivity contribution in [2.45, 2.75) is 32.4 Å². The summed E-state index contributed by atoms with van der Waals surface area (Å²) in [6.45, 7) is 3.40. The number of rotatable bonds is 6. The molecule has 0 amide bonds. The van der Waals surface area contributed by atoms with Crippen molar-refractivity contribution in [3.63, 3.8) is 0 Å². The van der Waals surface area contributed by atoms with Crippen LogP contribution < -0.4 is 4.74 Å². The molecule has 0 aliphatic carbocycles. The van der Waals surface area contributed by atoms with E-state index < -0.39 is 5.97 Å². The molecular formula is C17H21N3O3. The zero-order valence-electron chi connectivity index (χ0n) is 13.2. The fraction of sp³-hybridized carbons (Fsp3) is 0.412. The van der Waals surface area contributed by atoms with Crippen LogP contribution in [0, 0.1) is 6.92 Å². The Labute approximate surface area is 135 Å². The highest BCUT2D eigenvalue weighted by Crippen LogP contribution is 2.33. The minimum absolute atomic E-state index is 0.274. The van der Waals surface area contributed by atoms with Gasteiger partial charge in [-0.25, -0.2) is 9.78 Å². The third-order valence-electron chi connectivity index (χ3n) is 4.10. The number of hydrogen-bond donors (Lipinski definition) is 2. The van der Waals surface area contributed by atoms with Crippen LogP contribution in [0.15, 0.2) is 30.5 Å². The van der Waals surface area contributed by atoms with Crippen LogP contribution in [0.1, 0.15) is 36.0 Å². The van der Waals surface area contributed by atoms with Crippen molar-refractivity contribution in [1.82, 2.24) is 14.9 Å². The van der Waals surface area contributed by atoms with Gasteiger partial charge in [-0.3, -0.25) is 4.90 Å². The maximum Gasteiger partial charge on any atom is 0.341 e. The van der Waals surface area contributed by atoms with E-state index in [1.807, 2.05) is 37.4 Å². The smallest absolute Gasteiger partial charge is 0.341 e. The molecule has 1 aliphatic heterocycles. The monoisotopic (exact) mass is 315 g/mol. The maximum absolute atomic E-state index is 10.7. The summed E-state index contributed by atoms with van der Waals surface area (Å²) in [6, 6.07) is 7.89. The first-order chi connectivity index (χ1) is 11.1. The summed E-state index contributed by atoms with van der Waals surface area (Å²) >= 11 is 0. The van der Waals surface area contributed by atoms with E-state index >= 15 is 0 Å². The van der Waals surface area contributed by atoms with E-state index in [0.717, 1.165) is 43.0 Å². The van der Waals surface area contributed by atoms with Crippen LogP contribution in [0.4, 0.5) is 0 Å². The quantitative estimate of drug-likeness (QED) is 0.856. The summed E-state index contributed by atoms with van der Waals surface area (Å²) in [5.41, 5.74) is 2.07. The van der Waals surface area contributed by atoms with Gasteiger partial charge in [0.2, 0.25) is 0 Å². The number of aryl methyl sites for hydroxylation is 1. The molecule has 0 unspecified atom stereocenters. The van der Waals surface area contributed by atoms with E-state index in [9.17, 15) is 4.79 Å². The Bertz CT molecular complexity index is 683. The molecule has 1 atom stereocenters. The number of aromatic amines is 1. The maximum atomic E-state index is 10.7. The van der Waals surface area contributed by atoms with Crippen molar-refractivity contribution < 1.29 is 14.6 Å². The molecule has 122 valence electrons. The van der Waals surface area contributed by atoms with Crippen molar-refractivity contribution in [3.8, 4) is 5.75 Å². The first-order valence-electron chi connectivity index (χ1n) is 7.81. The number of hydrogen-bond acceptors (Lipinski definition) is 4. The lowest BCUT2D eigenvalue weighted by Crippen LogP contribution is -2.24. The second kappa shape index (κ2) is 6.83. The molecule has 2 heterocycles. The molecule has 2 N–H and O–H groups in total. The highest BCUT2D eigenvalue weighted by molar-refractivity contribution is 5.68. The number of para-hydroxylation sites is 1. The van der Waals surface area contributed by atoms with Crippen LogP contribution >= 0.6 is 0 Å². The fourth-order valence-corrected chi connectivity index (χ4v) is 3.06. The number of imidazole rings is 1. The highest BCUT2D eigenvalue weighted by atomic mass is 16.5. The second-order valence-electron chi connectivity index (χ2n) is 5.87. The van der Waals surface area contributed by atoms with Crippen LogP contribution in [0.2, 0.25) is 0 Å². The summed E-state index contributed by atoms with van der Waals surface area (Å²) in [4.78, 5) is 20.9. The molecule has 1 aliphatic rings. The zero-order valence-corrected chi connectivity index (χ0v) is 13.2. The first kappa shape index (κ1) is 15.6. The van der Waals surface area contributed by atoms with Gasteiger partial charge in [-0.05, 0) is 32.4 Å². The Kier molecular flexibility index (Phi) is 4.62. The second-order valence-corrected chi connectivity index (χ2v) is 5.87. The van der Waals surface area contributed by atoms with Crippen molar-refractivity contribution in [3.05, 3.63) is 47.5 Å². The molecule has 3 rings (SSSR count). The molecule has 1 fully saturated rings. The Morgan fingerprint density at radius 1 is 1.48 bits per heavy atom. The van der Waals surface area contributed by atoms with Gasteiger partial charge < -0.3 is 14.8 Å². The standard InChI is InChI=1S/C17H21N3O3/c1-12-9-18-17(19-12)14-6-4-8-20(14)10-13-5-2-3-7-15(13)23-11-16(21)22/h2-3,5,7,9,14H,4,6,8,10-11H2,1H3,(H,18,19)(H,21,22)/t14-/m1/s1. The third kappa shape index (κ3) is 3.71. The van der Waals surface area contributed by atoms with Crippen LogP contribution in [-0.4, -0.2) is 39.1 Å². The molecule has 0 bridgehead atoms. The number of nitrogens with zero attached hydrogens (tertiary/aromatic N) is 2. The Morgan fingerprint density at radius 2 is 2.30 bits per heavy atom. The van der Waals surface area contributed by atoms with Crippen molar-refractivity contribution in [2.75, 3.05) is 13.2 Å². The van der Waals surface area contributed by atoms with Crippen LogP contribution in [0.3, 0.4) is 0 Å². The molecule has 1 aromatic heterocycles. The number of benzene rings is 1. The summed E-state index contributed by atoms with van der Waals surface area (Å²) in [5, 5.41) is 8.80. The Morgan fingerprint density at radius 3 is 3.04 bits per heavy atom. The number of aliphatic carboxylic acids is 1. The average molecular weight is 315 g/mol. The number of ether oxygens (including phenoxy) is 1. The van der Waals surface area contributed by atoms with Gasteiger partial charge >= 0.3 is 5.97 Å². The Hall–Kier alpha value is -2.34. The van der Waals surface area contributed by atoms with Gasteiger partial charge in [0.25, 0.3) is 0 Å². The lowest BCUT2D eigenvalue weighted by molar-refractivity contribution is -0.139.